The van der Waals surface area contributed by atoms with Gasteiger partial charge in [-0.1, -0.05) is 66.2 Å². The van der Waals surface area contributed by atoms with Crippen LogP contribution in [-0.4, -0.2) is 58.3 Å². The minimum atomic E-state index is -1.43. The molecule has 47 heavy (non-hydrogen) atoms. The molecule has 11 atom stereocenters. The number of carboxylic acids is 1. The summed E-state index contributed by atoms with van der Waals surface area (Å²) < 4.78 is 12.0. The van der Waals surface area contributed by atoms with Crippen LogP contribution in [0.3, 0.4) is 0 Å². The monoisotopic (exact) mass is 652 g/mol. The van der Waals surface area contributed by atoms with E-state index >= 15 is 0 Å². The average molecular weight is 653 g/mol. The molecule has 0 aromatic rings. The van der Waals surface area contributed by atoms with Gasteiger partial charge in [-0.15, -0.1) is 0 Å². The molecule has 6 rings (SSSR count). The highest BCUT2D eigenvalue weighted by Crippen LogP contribution is 2.75. The van der Waals surface area contributed by atoms with Crippen molar-refractivity contribution in [2.45, 2.75) is 145 Å². The van der Waals surface area contributed by atoms with Gasteiger partial charge in [0.25, 0.3) is 0 Å². The van der Waals surface area contributed by atoms with Gasteiger partial charge in [-0.3, -0.25) is 4.79 Å². The summed E-state index contributed by atoms with van der Waals surface area (Å²) in [6.45, 7) is 20.1. The van der Waals surface area contributed by atoms with Crippen molar-refractivity contribution in [1.29, 1.82) is 0 Å². The molecule has 7 nitrogen and oxygen atoms in total. The molecular formula is C40H60O7. The molecular weight excluding hydrogens is 592 g/mol. The van der Waals surface area contributed by atoms with Crippen molar-refractivity contribution in [3.8, 4) is 0 Å². The Bertz CT molecular complexity index is 1400. The van der Waals surface area contributed by atoms with Crippen LogP contribution in [0.25, 0.3) is 0 Å². The van der Waals surface area contributed by atoms with Gasteiger partial charge in [0.15, 0.2) is 0 Å². The van der Waals surface area contributed by atoms with Gasteiger partial charge in [0.1, 0.15) is 11.5 Å². The average Bonchev–Trinajstić information content (AvgIpc) is 3.43. The predicted molar refractivity (Wildman–Crippen MR) is 181 cm³/mol. The van der Waals surface area contributed by atoms with E-state index in [4.69, 9.17) is 9.47 Å². The number of carbonyl (C=O) groups excluding carboxylic acids is 1. The van der Waals surface area contributed by atoms with Crippen LogP contribution >= 0.6 is 0 Å². The molecule has 5 fully saturated rings. The molecule has 262 valence electrons. The molecule has 0 aromatic carbocycles. The number of allylic oxidation sites excluding steroid dienone is 3. The number of aliphatic hydroxyl groups excluding tert-OH is 2. The fourth-order valence-electron chi connectivity index (χ4n) is 12.3. The normalized spacial score (nSPS) is 48.0. The number of rotatable bonds is 4. The second-order valence-electron chi connectivity index (χ2n) is 18.4. The number of aliphatic hydroxyl groups is 2. The number of ether oxygens (including phenoxy) is 2. The van der Waals surface area contributed by atoms with Crippen LogP contribution in [0.2, 0.25) is 0 Å². The van der Waals surface area contributed by atoms with Crippen LogP contribution < -0.4 is 0 Å². The first-order chi connectivity index (χ1) is 21.8. The van der Waals surface area contributed by atoms with E-state index in [0.29, 0.717) is 36.9 Å². The summed E-state index contributed by atoms with van der Waals surface area (Å²) >= 11 is 0. The van der Waals surface area contributed by atoms with Crippen LogP contribution in [0.1, 0.15) is 120 Å². The fraction of sp³-hybridized carbons (Fsp3) is 0.800. The maximum Gasteiger partial charge on any atom is 0.333 e. The molecule has 0 spiro atoms. The van der Waals surface area contributed by atoms with Gasteiger partial charge in [0.05, 0.1) is 24.9 Å². The lowest BCUT2D eigenvalue weighted by Crippen LogP contribution is -2.68. The molecule has 0 radical (unpaired) electrons. The molecule has 0 amide bonds. The maximum absolute atomic E-state index is 13.5. The first kappa shape index (κ1) is 34.9. The van der Waals surface area contributed by atoms with Gasteiger partial charge in [-0.05, 0) is 110 Å². The highest BCUT2D eigenvalue weighted by molar-refractivity contribution is 5.88. The van der Waals surface area contributed by atoms with Gasteiger partial charge in [-0.25, -0.2) is 4.79 Å². The van der Waals surface area contributed by atoms with Crippen molar-refractivity contribution in [1.82, 2.24) is 0 Å². The summed E-state index contributed by atoms with van der Waals surface area (Å²) in [6.07, 6.45) is 10.5. The van der Waals surface area contributed by atoms with Gasteiger partial charge in [0, 0.05) is 23.8 Å². The van der Waals surface area contributed by atoms with Gasteiger partial charge >= 0.3 is 11.9 Å². The molecule has 1 aliphatic heterocycles. The second-order valence-corrected chi connectivity index (χ2v) is 18.4. The molecule has 0 bridgehead atoms. The summed E-state index contributed by atoms with van der Waals surface area (Å²) in [7, 11) is 0. The standard InChI is InChI=1S/C40H60O7/c1-10-24-18-25(46-22-24)17-23(2)33(43)47-32-21-40(34(44)45)27(19-35(32,3)4)26-11-12-29-37(7)15-14-30(41)36(5,6)28(37)13-16-38(29,8)39(26,9)20-31(40)42/h10-11,17,25,27-32,41-42H,12-16,18-22H2,1-9H3,(H,44,45)/b23-17+,24-10-/t25?,27-,28-,29+,30-,31+,32-,37-,38+,39+,40+/m0/s1. The molecule has 6 aliphatic rings. The van der Waals surface area contributed by atoms with Crippen molar-refractivity contribution >= 4 is 11.9 Å². The molecule has 0 aromatic heterocycles. The maximum atomic E-state index is 13.5. The summed E-state index contributed by atoms with van der Waals surface area (Å²) in [6, 6.07) is 0. The lowest BCUT2D eigenvalue weighted by Gasteiger charge is -2.71. The number of aliphatic carboxylic acids is 1. The van der Waals surface area contributed by atoms with E-state index in [1.54, 1.807) is 6.92 Å². The minimum Gasteiger partial charge on any atom is -0.481 e. The van der Waals surface area contributed by atoms with E-state index in [9.17, 15) is 24.9 Å². The van der Waals surface area contributed by atoms with Crippen LogP contribution in [0.4, 0.5) is 0 Å². The largest absolute Gasteiger partial charge is 0.481 e. The Hall–Kier alpha value is -1.96. The zero-order valence-corrected chi connectivity index (χ0v) is 30.3. The summed E-state index contributed by atoms with van der Waals surface area (Å²) in [4.78, 5) is 26.9. The van der Waals surface area contributed by atoms with Crippen molar-refractivity contribution < 1.29 is 34.4 Å². The first-order valence-electron chi connectivity index (χ1n) is 18.2. The Morgan fingerprint density at radius 1 is 0.957 bits per heavy atom. The minimum absolute atomic E-state index is 0.0570. The Morgan fingerprint density at radius 3 is 2.30 bits per heavy atom. The SMILES string of the molecule is C/C=C1\COC(/C=C(\C)C(=O)O[C@H]2C[C@]3(C(=O)O)[C@H](O)C[C@]4(C)C(=CC[C@@H]5[C@@]6(C)CC[C@H](O)C(C)(C)[C@@H]6CC[C@]54C)[C@@H]3CC2(C)C)C1. The van der Waals surface area contributed by atoms with E-state index in [-0.39, 0.29) is 46.2 Å². The molecule has 4 saturated carbocycles. The Balaban J connectivity index is 1.32. The fourth-order valence-corrected chi connectivity index (χ4v) is 12.3. The van der Waals surface area contributed by atoms with Gasteiger partial charge in [0.2, 0.25) is 0 Å². The second kappa shape index (κ2) is 11.3. The van der Waals surface area contributed by atoms with Gasteiger partial charge < -0.3 is 24.8 Å². The van der Waals surface area contributed by atoms with Crippen LogP contribution in [-0.2, 0) is 19.1 Å². The number of fused-ring (bicyclic) bond motifs is 7. The van der Waals surface area contributed by atoms with E-state index in [1.165, 1.54) is 11.1 Å². The molecule has 1 heterocycles. The van der Waals surface area contributed by atoms with E-state index in [2.05, 4.69) is 54.5 Å². The predicted octanol–water partition coefficient (Wildman–Crippen LogP) is 7.41. The first-order valence-corrected chi connectivity index (χ1v) is 18.2. The van der Waals surface area contributed by atoms with Crippen LogP contribution in [0.15, 0.2) is 34.9 Å². The zero-order chi connectivity index (χ0) is 34.5. The zero-order valence-electron chi connectivity index (χ0n) is 30.3. The van der Waals surface area contributed by atoms with Crippen molar-refractivity contribution in [2.75, 3.05) is 6.61 Å². The molecule has 3 N–H and O–H groups in total. The van der Waals surface area contributed by atoms with E-state index in [0.717, 1.165) is 38.5 Å². The number of hydrogen-bond donors (Lipinski definition) is 3. The van der Waals surface area contributed by atoms with Crippen LogP contribution in [0, 0.1) is 50.2 Å². The highest BCUT2D eigenvalue weighted by atomic mass is 16.5. The van der Waals surface area contributed by atoms with E-state index in [1.807, 2.05) is 19.1 Å². The quantitative estimate of drug-likeness (QED) is 0.165. The van der Waals surface area contributed by atoms with Gasteiger partial charge in [-0.2, -0.15) is 0 Å². The van der Waals surface area contributed by atoms with Crippen molar-refractivity contribution in [3.63, 3.8) is 0 Å². The topological polar surface area (TPSA) is 113 Å². The third kappa shape index (κ3) is 4.90. The Morgan fingerprint density at radius 2 is 1.66 bits per heavy atom. The summed E-state index contributed by atoms with van der Waals surface area (Å²) in [5.41, 5.74) is 0.366. The van der Waals surface area contributed by atoms with Crippen LogP contribution in [0.5, 0.6) is 0 Å². The Labute approximate surface area is 282 Å². The number of esters is 1. The molecule has 1 saturated heterocycles. The third-order valence-electron chi connectivity index (χ3n) is 15.6. The number of carbonyl (C=O) groups is 2. The molecule has 5 aliphatic carbocycles. The highest BCUT2D eigenvalue weighted by Gasteiger charge is 2.72. The summed E-state index contributed by atoms with van der Waals surface area (Å²) in [5, 5.41) is 34.3. The Kier molecular flexibility index (Phi) is 8.37. The number of carboxylic acid groups (broad SMARTS) is 1. The van der Waals surface area contributed by atoms with Crippen molar-refractivity contribution in [3.05, 3.63) is 34.9 Å². The number of hydrogen-bond acceptors (Lipinski definition) is 6. The molecule has 7 heteroatoms. The lowest BCUT2D eigenvalue weighted by molar-refractivity contribution is -0.227. The summed E-state index contributed by atoms with van der Waals surface area (Å²) in [5.74, 6) is -1.01. The smallest absolute Gasteiger partial charge is 0.333 e. The third-order valence-corrected chi connectivity index (χ3v) is 15.6. The molecule has 1 unspecified atom stereocenters. The lowest BCUT2D eigenvalue weighted by atomic mass is 9.33. The van der Waals surface area contributed by atoms with E-state index < -0.39 is 35.0 Å². The van der Waals surface area contributed by atoms with Crippen molar-refractivity contribution in [2.24, 2.45) is 50.2 Å².